The Hall–Kier alpha value is -3.25. The molecule has 1 saturated carbocycles. The third-order valence-corrected chi connectivity index (χ3v) is 11.8. The van der Waals surface area contributed by atoms with E-state index in [-0.39, 0.29) is 12.3 Å². The number of hydrogen-bond donors (Lipinski definition) is 3. The number of nitrogens with one attached hydrogen (secondary N) is 3. The average molecular weight is 738 g/mol. The molecule has 14 heteroatoms. The third kappa shape index (κ3) is 7.34. The molecule has 1 unspecified atom stereocenters. The molecule has 0 bridgehead atoms. The number of halogens is 1. The number of aliphatic imine (C=N–C) groups is 1. The summed E-state index contributed by atoms with van der Waals surface area (Å²) in [7, 11) is -0.501. The van der Waals surface area contributed by atoms with Gasteiger partial charge < -0.3 is 35.1 Å². The minimum absolute atomic E-state index is 0.194. The van der Waals surface area contributed by atoms with Gasteiger partial charge in [-0.25, -0.2) is 4.99 Å². The maximum Gasteiger partial charge on any atom is 0.240 e. The number of guanidine groups is 1. The predicted molar refractivity (Wildman–Crippen MR) is 199 cm³/mol. The Kier molecular flexibility index (Phi) is 9.65. The largest absolute Gasteiger partial charge is 0.473 e. The van der Waals surface area contributed by atoms with Crippen LogP contribution in [0.5, 0.6) is 5.88 Å². The standard InChI is InChI=1S/C34H46BrN10O2P/c1-5-22-20-28(33(47-24-6-7-24)42-32(22)45-14-10-23(11-15-45)44-18-16-43(2)17-19-44)40-34-38-21-25(35)31(41-34)39-27-9-8-26-29(37-13-12-36-26)30(27)48(3,4)46/h8-9,12-13,20-21,23-24,31,39H,5-7,10-11,14-19H2,1-4H3,(H2,38,40,41). The van der Waals surface area contributed by atoms with Crippen LogP contribution in [-0.4, -0.2) is 109 Å². The lowest BCUT2D eigenvalue weighted by Crippen LogP contribution is -2.52. The van der Waals surface area contributed by atoms with Crippen LogP contribution >= 0.6 is 23.1 Å². The topological polar surface area (TPSA) is 123 Å². The SMILES string of the molecule is CCc1cc(NC2=NC=C(Br)C(Nc3ccc4nccnc4c3P(C)(C)=O)N2)c(OC2CC2)nc1N1CCC(N2CCN(C)CC2)CC1. The van der Waals surface area contributed by atoms with Gasteiger partial charge in [0.1, 0.15) is 36.4 Å². The number of pyridine rings is 1. The zero-order valence-corrected chi connectivity index (χ0v) is 30.7. The molecule has 5 heterocycles. The van der Waals surface area contributed by atoms with Crippen LogP contribution in [0.2, 0.25) is 0 Å². The predicted octanol–water partition coefficient (Wildman–Crippen LogP) is 4.64. The number of rotatable bonds is 9. The third-order valence-electron chi connectivity index (χ3n) is 9.62. The number of aryl methyl sites for hydroxylation is 1. The Bertz CT molecular complexity index is 1760. The number of fused-ring (bicyclic) bond motifs is 1. The van der Waals surface area contributed by atoms with Crippen LogP contribution in [0.4, 0.5) is 17.2 Å². The van der Waals surface area contributed by atoms with E-state index in [4.69, 9.17) is 9.72 Å². The molecule has 3 aliphatic heterocycles. The lowest BCUT2D eigenvalue weighted by atomic mass is 10.0. The van der Waals surface area contributed by atoms with E-state index >= 15 is 0 Å². The van der Waals surface area contributed by atoms with Crippen LogP contribution in [0.25, 0.3) is 11.0 Å². The molecular weight excluding hydrogens is 691 g/mol. The number of anilines is 3. The second kappa shape index (κ2) is 13.9. The number of hydrogen-bond acceptors (Lipinski definition) is 12. The first-order chi connectivity index (χ1) is 23.2. The van der Waals surface area contributed by atoms with Crippen molar-refractivity contribution in [2.75, 3.05) is 75.2 Å². The highest BCUT2D eigenvalue weighted by Crippen LogP contribution is 2.41. The molecule has 4 aliphatic rings. The molecule has 7 rings (SSSR count). The fraction of sp³-hybridized carbons (Fsp3) is 0.529. The van der Waals surface area contributed by atoms with Crippen molar-refractivity contribution in [3.63, 3.8) is 0 Å². The molecule has 12 nitrogen and oxygen atoms in total. The number of nitrogens with zero attached hydrogens (tertiary/aromatic N) is 7. The van der Waals surface area contributed by atoms with Gasteiger partial charge in [0.25, 0.3) is 0 Å². The molecule has 2 aromatic heterocycles. The monoisotopic (exact) mass is 736 g/mol. The maximum atomic E-state index is 13.5. The molecule has 2 saturated heterocycles. The van der Waals surface area contributed by atoms with Crippen molar-refractivity contribution in [1.29, 1.82) is 0 Å². The molecule has 3 aromatic rings. The second-order valence-electron chi connectivity index (χ2n) is 13.6. The van der Waals surface area contributed by atoms with Crippen molar-refractivity contribution in [2.45, 2.75) is 57.3 Å². The van der Waals surface area contributed by atoms with Gasteiger partial charge in [0.05, 0.1) is 15.3 Å². The summed E-state index contributed by atoms with van der Waals surface area (Å²) < 4.78 is 20.7. The van der Waals surface area contributed by atoms with E-state index in [1.165, 1.54) is 5.56 Å². The van der Waals surface area contributed by atoms with Crippen LogP contribution < -0.4 is 30.9 Å². The molecule has 3 N–H and O–H groups in total. The van der Waals surface area contributed by atoms with Crippen molar-refractivity contribution in [3.05, 3.63) is 46.8 Å². The number of aromatic nitrogens is 3. The zero-order chi connectivity index (χ0) is 33.4. The number of piperidine rings is 1. The van der Waals surface area contributed by atoms with E-state index in [9.17, 15) is 4.57 Å². The molecule has 0 amide bonds. The highest BCUT2D eigenvalue weighted by molar-refractivity contribution is 9.11. The van der Waals surface area contributed by atoms with Gasteiger partial charge in [0.15, 0.2) is 0 Å². The van der Waals surface area contributed by atoms with Gasteiger partial charge in [-0.3, -0.25) is 14.9 Å². The molecule has 0 spiro atoms. The highest BCUT2D eigenvalue weighted by atomic mass is 79.9. The van der Waals surface area contributed by atoms with Gasteiger partial charge in [-0.2, -0.15) is 4.98 Å². The smallest absolute Gasteiger partial charge is 0.240 e. The van der Waals surface area contributed by atoms with Crippen molar-refractivity contribution in [2.24, 2.45) is 4.99 Å². The Labute approximate surface area is 291 Å². The summed E-state index contributed by atoms with van der Waals surface area (Å²) in [6.07, 6.45) is 10.1. The van der Waals surface area contributed by atoms with Crippen molar-refractivity contribution in [1.82, 2.24) is 30.1 Å². The minimum atomic E-state index is -2.72. The fourth-order valence-corrected chi connectivity index (χ4v) is 8.53. The van der Waals surface area contributed by atoms with E-state index in [1.807, 2.05) is 12.1 Å². The van der Waals surface area contributed by atoms with E-state index in [0.717, 1.165) is 93.0 Å². The van der Waals surface area contributed by atoms with Gasteiger partial charge in [-0.05, 0) is 92.2 Å². The van der Waals surface area contributed by atoms with Gasteiger partial charge >= 0.3 is 0 Å². The number of piperazine rings is 1. The average Bonchev–Trinajstić information content (AvgIpc) is 3.91. The Morgan fingerprint density at radius 1 is 1.02 bits per heavy atom. The molecule has 1 atom stereocenters. The Morgan fingerprint density at radius 2 is 1.77 bits per heavy atom. The Balaban J connectivity index is 1.09. The lowest BCUT2D eigenvalue weighted by Gasteiger charge is -2.42. The normalized spacial score (nSPS) is 21.4. The van der Waals surface area contributed by atoms with Gasteiger partial charge in [-0.1, -0.05) is 6.92 Å². The van der Waals surface area contributed by atoms with Gasteiger partial charge in [-0.15, -0.1) is 0 Å². The van der Waals surface area contributed by atoms with Crippen LogP contribution in [0, 0.1) is 0 Å². The summed E-state index contributed by atoms with van der Waals surface area (Å²) in [6.45, 7) is 12.3. The second-order valence-corrected chi connectivity index (χ2v) is 17.7. The molecule has 256 valence electrons. The summed E-state index contributed by atoms with van der Waals surface area (Å²) in [4.78, 5) is 26.3. The number of likely N-dealkylation sites (N-methyl/N-ethyl adjacent to an activating group) is 1. The van der Waals surface area contributed by atoms with E-state index in [2.05, 4.69) is 81.6 Å². The van der Waals surface area contributed by atoms with Gasteiger partial charge in [0.2, 0.25) is 11.8 Å². The first kappa shape index (κ1) is 33.3. The molecule has 0 radical (unpaired) electrons. The summed E-state index contributed by atoms with van der Waals surface area (Å²) in [5.74, 6) is 2.20. The van der Waals surface area contributed by atoms with Crippen LogP contribution in [-0.2, 0) is 11.0 Å². The van der Waals surface area contributed by atoms with E-state index in [0.29, 0.717) is 34.2 Å². The quantitative estimate of drug-likeness (QED) is 0.267. The van der Waals surface area contributed by atoms with E-state index < -0.39 is 7.14 Å². The summed E-state index contributed by atoms with van der Waals surface area (Å²) in [5, 5.41) is 11.2. The number of benzene rings is 1. The maximum absolute atomic E-state index is 13.5. The molecule has 48 heavy (non-hydrogen) atoms. The number of ether oxygens (including phenoxy) is 1. The fourth-order valence-electron chi connectivity index (χ4n) is 6.80. The molecule has 3 fully saturated rings. The van der Waals surface area contributed by atoms with Crippen molar-refractivity contribution < 1.29 is 9.30 Å². The van der Waals surface area contributed by atoms with Crippen LogP contribution in [0.3, 0.4) is 0 Å². The van der Waals surface area contributed by atoms with Crippen molar-refractivity contribution >= 4 is 62.6 Å². The summed E-state index contributed by atoms with van der Waals surface area (Å²) in [5.41, 5.74) is 4.06. The first-order valence-corrected chi connectivity index (χ1v) is 20.5. The van der Waals surface area contributed by atoms with Crippen molar-refractivity contribution in [3.8, 4) is 5.88 Å². The van der Waals surface area contributed by atoms with Gasteiger partial charge in [0, 0.05) is 69.6 Å². The van der Waals surface area contributed by atoms with E-state index in [1.54, 1.807) is 31.9 Å². The molecule has 1 aliphatic carbocycles. The van der Waals surface area contributed by atoms with Crippen LogP contribution in [0.1, 0.15) is 38.2 Å². The Morgan fingerprint density at radius 3 is 2.48 bits per heavy atom. The lowest BCUT2D eigenvalue weighted by molar-refractivity contribution is 0.0981. The highest BCUT2D eigenvalue weighted by Gasteiger charge is 2.31. The van der Waals surface area contributed by atoms with Crippen LogP contribution in [0.15, 0.2) is 46.3 Å². The summed E-state index contributed by atoms with van der Waals surface area (Å²) in [6, 6.07) is 6.64. The zero-order valence-electron chi connectivity index (χ0n) is 28.2. The minimum Gasteiger partial charge on any atom is -0.473 e. The first-order valence-electron chi connectivity index (χ1n) is 17.1. The molecular formula is C34H46BrN10O2P. The molecule has 1 aromatic carbocycles. The summed E-state index contributed by atoms with van der Waals surface area (Å²) >= 11 is 3.67.